The zero-order valence-electron chi connectivity index (χ0n) is 15.1. The van der Waals surface area contributed by atoms with E-state index in [2.05, 4.69) is 22.8 Å². The predicted octanol–water partition coefficient (Wildman–Crippen LogP) is 2.64. The fraction of sp³-hybridized carbons (Fsp3) is 0.350. The van der Waals surface area contributed by atoms with Gasteiger partial charge in [0.25, 0.3) is 0 Å². The van der Waals surface area contributed by atoms with Crippen molar-refractivity contribution in [2.24, 2.45) is 0 Å². The van der Waals surface area contributed by atoms with Gasteiger partial charge in [-0.15, -0.1) is 0 Å². The van der Waals surface area contributed by atoms with Crippen molar-refractivity contribution in [1.82, 2.24) is 10.6 Å². The van der Waals surface area contributed by atoms with Gasteiger partial charge < -0.3 is 24.8 Å². The lowest BCUT2D eigenvalue weighted by molar-refractivity contribution is 0.0305. The summed E-state index contributed by atoms with van der Waals surface area (Å²) in [6, 6.07) is 13.6. The number of carbonyl (C=O) groups excluding carboxylic acids is 1. The van der Waals surface area contributed by atoms with Gasteiger partial charge in [-0.3, -0.25) is 0 Å². The number of amides is 2. The Kier molecular flexibility index (Phi) is 5.96. The van der Waals surface area contributed by atoms with Crippen molar-refractivity contribution >= 4 is 6.03 Å². The molecule has 2 N–H and O–H groups in total. The van der Waals surface area contributed by atoms with Crippen LogP contribution in [-0.4, -0.2) is 32.9 Å². The van der Waals surface area contributed by atoms with E-state index < -0.39 is 0 Å². The van der Waals surface area contributed by atoms with Crippen LogP contribution in [0, 0.1) is 0 Å². The molecule has 1 aliphatic rings. The van der Waals surface area contributed by atoms with E-state index in [-0.39, 0.29) is 12.1 Å². The maximum atomic E-state index is 12.0. The highest BCUT2D eigenvalue weighted by Gasteiger charge is 2.19. The summed E-state index contributed by atoms with van der Waals surface area (Å²) in [5.41, 5.74) is 3.44. The van der Waals surface area contributed by atoms with Gasteiger partial charge >= 0.3 is 6.03 Å². The Bertz CT molecular complexity index is 763. The average Bonchev–Trinajstić information content (AvgIpc) is 2.70. The molecule has 0 fully saturated rings. The minimum Gasteiger partial charge on any atom is -0.493 e. The molecule has 0 saturated carbocycles. The van der Waals surface area contributed by atoms with Crippen LogP contribution < -0.4 is 20.1 Å². The minimum atomic E-state index is -0.220. The molecule has 0 unspecified atom stereocenters. The molecule has 0 aliphatic carbocycles. The van der Waals surface area contributed by atoms with Crippen LogP contribution in [0.25, 0.3) is 0 Å². The molecule has 6 nitrogen and oxygen atoms in total. The zero-order valence-corrected chi connectivity index (χ0v) is 15.1. The second-order valence-electron chi connectivity index (χ2n) is 6.16. The molecule has 0 bridgehead atoms. The predicted molar refractivity (Wildman–Crippen MR) is 98.5 cm³/mol. The monoisotopic (exact) mass is 356 g/mol. The number of benzene rings is 2. The van der Waals surface area contributed by atoms with Gasteiger partial charge in [0.2, 0.25) is 0 Å². The smallest absolute Gasteiger partial charge is 0.315 e. The standard InChI is InChI=1S/C20H24N2O4/c1-24-18-8-7-14(9-19(18)25-2)11-21-20(23)22-12-17-10-15-5-3-4-6-16(15)13-26-17/h3-9,17H,10-13H2,1-2H3,(H2,21,22,23)/t17-/m0/s1. The number of nitrogens with one attached hydrogen (secondary N) is 2. The quantitative estimate of drug-likeness (QED) is 0.835. The molecule has 6 heteroatoms. The lowest BCUT2D eigenvalue weighted by atomic mass is 9.99. The maximum Gasteiger partial charge on any atom is 0.315 e. The van der Waals surface area contributed by atoms with Gasteiger partial charge in [0.05, 0.1) is 26.9 Å². The summed E-state index contributed by atoms with van der Waals surface area (Å²) in [6.45, 7) is 1.47. The fourth-order valence-electron chi connectivity index (χ4n) is 2.98. The molecule has 0 saturated heterocycles. The Balaban J connectivity index is 1.45. The van der Waals surface area contributed by atoms with Crippen molar-refractivity contribution in [3.05, 3.63) is 59.2 Å². The molecule has 0 radical (unpaired) electrons. The van der Waals surface area contributed by atoms with E-state index in [0.29, 0.717) is 31.2 Å². The highest BCUT2D eigenvalue weighted by molar-refractivity contribution is 5.73. The zero-order chi connectivity index (χ0) is 18.4. The molecular formula is C20H24N2O4. The molecule has 0 aromatic heterocycles. The summed E-state index contributed by atoms with van der Waals surface area (Å²) < 4.78 is 16.3. The van der Waals surface area contributed by atoms with Crippen LogP contribution >= 0.6 is 0 Å². The summed E-state index contributed by atoms with van der Waals surface area (Å²) in [6.07, 6.45) is 0.809. The third-order valence-corrected chi connectivity index (χ3v) is 4.43. The second kappa shape index (κ2) is 8.58. The number of methoxy groups -OCH3 is 2. The summed E-state index contributed by atoms with van der Waals surface area (Å²) in [5, 5.41) is 5.72. The molecule has 2 aromatic carbocycles. The Morgan fingerprint density at radius 2 is 1.85 bits per heavy atom. The van der Waals surface area contributed by atoms with Crippen molar-refractivity contribution in [3.8, 4) is 11.5 Å². The molecular weight excluding hydrogens is 332 g/mol. The van der Waals surface area contributed by atoms with Gasteiger partial charge in [0.1, 0.15) is 0 Å². The van der Waals surface area contributed by atoms with Crippen LogP contribution in [0.1, 0.15) is 16.7 Å². The third-order valence-electron chi connectivity index (χ3n) is 4.43. The van der Waals surface area contributed by atoms with E-state index >= 15 is 0 Å². The van der Waals surface area contributed by atoms with Crippen molar-refractivity contribution < 1.29 is 19.0 Å². The Morgan fingerprint density at radius 3 is 2.62 bits per heavy atom. The maximum absolute atomic E-state index is 12.0. The van der Waals surface area contributed by atoms with E-state index in [9.17, 15) is 4.79 Å². The van der Waals surface area contributed by atoms with Crippen LogP contribution in [0.5, 0.6) is 11.5 Å². The minimum absolute atomic E-state index is 0.00303. The van der Waals surface area contributed by atoms with Gasteiger partial charge in [0, 0.05) is 19.5 Å². The average molecular weight is 356 g/mol. The number of rotatable bonds is 6. The Morgan fingerprint density at radius 1 is 1.08 bits per heavy atom. The van der Waals surface area contributed by atoms with E-state index in [1.165, 1.54) is 11.1 Å². The lowest BCUT2D eigenvalue weighted by Crippen LogP contribution is -2.41. The van der Waals surface area contributed by atoms with Crippen molar-refractivity contribution in [2.45, 2.75) is 25.7 Å². The number of hydrogen-bond donors (Lipinski definition) is 2. The molecule has 26 heavy (non-hydrogen) atoms. The molecule has 2 amide bonds. The van der Waals surface area contributed by atoms with Crippen LogP contribution in [0.2, 0.25) is 0 Å². The van der Waals surface area contributed by atoms with Crippen molar-refractivity contribution in [1.29, 1.82) is 0 Å². The molecule has 2 aromatic rings. The first-order valence-corrected chi connectivity index (χ1v) is 8.60. The fourth-order valence-corrected chi connectivity index (χ4v) is 2.98. The first-order chi connectivity index (χ1) is 12.7. The van der Waals surface area contributed by atoms with Crippen LogP contribution in [0.15, 0.2) is 42.5 Å². The molecule has 3 rings (SSSR count). The number of urea groups is 1. The Labute approximate surface area is 153 Å². The molecule has 1 aliphatic heterocycles. The Hall–Kier alpha value is -2.73. The van der Waals surface area contributed by atoms with Crippen molar-refractivity contribution in [3.63, 3.8) is 0 Å². The molecule has 1 atom stereocenters. The third kappa shape index (κ3) is 4.46. The van der Waals surface area contributed by atoms with E-state index in [1.807, 2.05) is 30.3 Å². The molecule has 0 spiro atoms. The van der Waals surface area contributed by atoms with Gasteiger partial charge in [-0.05, 0) is 28.8 Å². The summed E-state index contributed by atoms with van der Waals surface area (Å²) in [5.74, 6) is 1.30. The van der Waals surface area contributed by atoms with E-state index in [1.54, 1.807) is 14.2 Å². The number of fused-ring (bicyclic) bond motifs is 1. The van der Waals surface area contributed by atoms with Crippen molar-refractivity contribution in [2.75, 3.05) is 20.8 Å². The second-order valence-corrected chi connectivity index (χ2v) is 6.16. The number of ether oxygens (including phenoxy) is 3. The SMILES string of the molecule is COc1ccc(CNC(=O)NC[C@@H]2Cc3ccccc3CO2)cc1OC. The summed E-state index contributed by atoms with van der Waals surface area (Å²) in [7, 11) is 3.18. The van der Waals surface area contributed by atoms with Crippen LogP contribution in [-0.2, 0) is 24.3 Å². The lowest BCUT2D eigenvalue weighted by Gasteiger charge is -2.25. The first kappa shape index (κ1) is 18.1. The molecule has 1 heterocycles. The highest BCUT2D eigenvalue weighted by atomic mass is 16.5. The summed E-state index contributed by atoms with van der Waals surface area (Å²) in [4.78, 5) is 12.0. The first-order valence-electron chi connectivity index (χ1n) is 8.60. The van der Waals surface area contributed by atoms with Gasteiger partial charge in [-0.2, -0.15) is 0 Å². The summed E-state index contributed by atoms with van der Waals surface area (Å²) >= 11 is 0. The normalized spacial score (nSPS) is 15.7. The van der Waals surface area contributed by atoms with Crippen LogP contribution in [0.3, 0.4) is 0 Å². The van der Waals surface area contributed by atoms with Gasteiger partial charge in [0.15, 0.2) is 11.5 Å². The largest absolute Gasteiger partial charge is 0.493 e. The highest BCUT2D eigenvalue weighted by Crippen LogP contribution is 2.27. The molecule has 138 valence electrons. The van der Waals surface area contributed by atoms with Gasteiger partial charge in [-0.25, -0.2) is 4.79 Å². The number of hydrogen-bond acceptors (Lipinski definition) is 4. The van der Waals surface area contributed by atoms with E-state index in [4.69, 9.17) is 14.2 Å². The van der Waals surface area contributed by atoms with E-state index in [0.717, 1.165) is 12.0 Å². The topological polar surface area (TPSA) is 68.8 Å². The van der Waals surface area contributed by atoms with Gasteiger partial charge in [-0.1, -0.05) is 30.3 Å². The van der Waals surface area contributed by atoms with Crippen LogP contribution in [0.4, 0.5) is 4.79 Å². The number of carbonyl (C=O) groups is 1.